The van der Waals surface area contributed by atoms with Gasteiger partial charge in [-0.3, -0.25) is 0 Å². The van der Waals surface area contributed by atoms with E-state index in [4.69, 9.17) is 29.0 Å². The van der Waals surface area contributed by atoms with Gasteiger partial charge in [-0.2, -0.15) is 0 Å². The molecule has 0 spiro atoms. The van der Waals surface area contributed by atoms with E-state index in [0.717, 1.165) is 25.7 Å². The van der Waals surface area contributed by atoms with Crippen LogP contribution in [0.2, 0.25) is 10.0 Å². The van der Waals surface area contributed by atoms with Crippen LogP contribution in [0.1, 0.15) is 25.7 Å². The maximum absolute atomic E-state index is 9.45. The molecule has 0 atom stereocenters. The number of nitrogen functional groups attached to an aromatic ring is 1. The zero-order valence-corrected chi connectivity index (χ0v) is 11.3. The van der Waals surface area contributed by atoms with Gasteiger partial charge in [0.1, 0.15) is 5.82 Å². The molecule has 2 rings (SSSR count). The molecule has 1 heterocycles. The highest BCUT2D eigenvalue weighted by Gasteiger charge is 2.20. The summed E-state index contributed by atoms with van der Waals surface area (Å²) in [6.45, 7) is 0. The van der Waals surface area contributed by atoms with Crippen LogP contribution in [0.25, 0.3) is 0 Å². The van der Waals surface area contributed by atoms with Crippen LogP contribution in [-0.4, -0.2) is 22.2 Å². The molecule has 100 valence electrons. The first-order valence-corrected chi connectivity index (χ1v) is 6.63. The van der Waals surface area contributed by atoms with Crippen molar-refractivity contribution < 1.29 is 5.11 Å². The number of hydrogen-bond donors (Lipinski definition) is 4. The van der Waals surface area contributed by atoms with Crippen molar-refractivity contribution in [1.82, 2.24) is 4.98 Å². The van der Waals surface area contributed by atoms with Gasteiger partial charge in [-0.1, -0.05) is 23.2 Å². The topological polar surface area (TPSA) is 83.2 Å². The number of nitrogens with zero attached hydrogens (tertiary/aromatic N) is 1. The van der Waals surface area contributed by atoms with Gasteiger partial charge >= 0.3 is 0 Å². The van der Waals surface area contributed by atoms with Crippen LogP contribution in [0.4, 0.5) is 11.6 Å². The Balaban J connectivity index is 2.09. The normalized spacial score (nSPS) is 23.8. The lowest BCUT2D eigenvalue weighted by molar-refractivity contribution is 0.126. The molecule has 1 fully saturated rings. The minimum Gasteiger partial charge on any atom is -0.393 e. The van der Waals surface area contributed by atoms with E-state index in [9.17, 15) is 5.11 Å². The number of nitrogens with one attached hydrogen (secondary N) is 2. The third kappa shape index (κ3) is 3.17. The molecule has 5 nitrogen and oxygen atoms in total. The monoisotopic (exact) mass is 290 g/mol. The molecule has 0 amide bonds. The minimum atomic E-state index is -0.182. The van der Waals surface area contributed by atoms with E-state index in [-0.39, 0.29) is 12.1 Å². The summed E-state index contributed by atoms with van der Waals surface area (Å²) in [5, 5.41) is 13.6. The molecule has 1 aliphatic carbocycles. The van der Waals surface area contributed by atoms with E-state index >= 15 is 0 Å². The second-order valence-electron chi connectivity index (χ2n) is 4.44. The molecule has 0 radical (unpaired) electrons. The van der Waals surface area contributed by atoms with E-state index in [2.05, 4.69) is 15.7 Å². The maximum Gasteiger partial charge on any atom is 0.161 e. The number of aliphatic hydroxyl groups is 1. The molecular formula is C11H16Cl2N4O. The number of hydrogen-bond acceptors (Lipinski definition) is 5. The van der Waals surface area contributed by atoms with Crippen LogP contribution in [0.5, 0.6) is 0 Å². The Hall–Kier alpha value is -0.750. The summed E-state index contributed by atoms with van der Waals surface area (Å²) in [4.78, 5) is 4.23. The first-order valence-electron chi connectivity index (χ1n) is 5.87. The first-order chi connectivity index (χ1) is 8.60. The lowest BCUT2D eigenvalue weighted by Gasteiger charge is -2.27. The highest BCUT2D eigenvalue weighted by atomic mass is 35.5. The van der Waals surface area contributed by atoms with Crippen molar-refractivity contribution in [1.29, 1.82) is 0 Å². The van der Waals surface area contributed by atoms with Crippen molar-refractivity contribution in [2.45, 2.75) is 37.8 Å². The number of anilines is 2. The summed E-state index contributed by atoms with van der Waals surface area (Å²) < 4.78 is 0. The fourth-order valence-corrected chi connectivity index (χ4v) is 2.55. The van der Waals surface area contributed by atoms with Crippen molar-refractivity contribution in [3.8, 4) is 0 Å². The minimum absolute atomic E-state index is 0.182. The third-order valence-electron chi connectivity index (χ3n) is 3.10. The highest BCUT2D eigenvalue weighted by molar-refractivity contribution is 6.37. The number of aromatic nitrogens is 1. The van der Waals surface area contributed by atoms with Gasteiger partial charge < -0.3 is 15.8 Å². The largest absolute Gasteiger partial charge is 0.393 e. The van der Waals surface area contributed by atoms with Crippen LogP contribution in [0, 0.1) is 0 Å². The molecule has 0 aliphatic heterocycles. The SMILES string of the molecule is NNc1nc(NC2CCC(O)CC2)c(Cl)cc1Cl. The number of nitrogens with two attached hydrogens (primary N) is 1. The average Bonchev–Trinajstić information content (AvgIpc) is 2.35. The zero-order chi connectivity index (χ0) is 13.1. The molecule has 0 unspecified atom stereocenters. The van der Waals surface area contributed by atoms with Gasteiger partial charge in [-0.05, 0) is 31.7 Å². The molecule has 1 aromatic rings. The van der Waals surface area contributed by atoms with E-state index in [0.29, 0.717) is 21.7 Å². The number of rotatable bonds is 3. The highest BCUT2D eigenvalue weighted by Crippen LogP contribution is 2.30. The van der Waals surface area contributed by atoms with Gasteiger partial charge in [0.25, 0.3) is 0 Å². The number of pyridine rings is 1. The molecule has 1 aromatic heterocycles. The summed E-state index contributed by atoms with van der Waals surface area (Å²) in [5.41, 5.74) is 2.43. The number of hydrazine groups is 1. The fraction of sp³-hybridized carbons (Fsp3) is 0.545. The Bertz CT molecular complexity index is 422. The third-order valence-corrected chi connectivity index (χ3v) is 3.68. The van der Waals surface area contributed by atoms with Gasteiger partial charge in [0, 0.05) is 6.04 Å². The summed E-state index contributed by atoms with van der Waals surface area (Å²) in [5.74, 6) is 6.27. The van der Waals surface area contributed by atoms with Gasteiger partial charge in [0.05, 0.1) is 16.1 Å². The Labute approximate surface area is 116 Å². The molecule has 18 heavy (non-hydrogen) atoms. The number of halogens is 2. The van der Waals surface area contributed by atoms with Crippen molar-refractivity contribution >= 4 is 34.8 Å². The number of aliphatic hydroxyl groups excluding tert-OH is 1. The second kappa shape index (κ2) is 5.93. The lowest BCUT2D eigenvalue weighted by atomic mass is 9.93. The van der Waals surface area contributed by atoms with Crippen LogP contribution in [0.3, 0.4) is 0 Å². The van der Waals surface area contributed by atoms with Crippen molar-refractivity contribution in [2.75, 3.05) is 10.7 Å². The predicted octanol–water partition coefficient (Wildman–Crippen LogP) is 2.39. The molecule has 5 N–H and O–H groups in total. The van der Waals surface area contributed by atoms with Crippen LogP contribution >= 0.6 is 23.2 Å². The maximum atomic E-state index is 9.45. The summed E-state index contributed by atoms with van der Waals surface area (Å²) in [6, 6.07) is 1.87. The molecule has 1 aliphatic rings. The second-order valence-corrected chi connectivity index (χ2v) is 5.26. The van der Waals surface area contributed by atoms with E-state index in [1.807, 2.05) is 0 Å². The smallest absolute Gasteiger partial charge is 0.161 e. The molecule has 1 saturated carbocycles. The van der Waals surface area contributed by atoms with E-state index < -0.39 is 0 Å². The molecule has 0 saturated heterocycles. The van der Waals surface area contributed by atoms with Crippen LogP contribution in [-0.2, 0) is 0 Å². The van der Waals surface area contributed by atoms with Crippen LogP contribution < -0.4 is 16.6 Å². The standard InChI is InChI=1S/C11H16Cl2N4O/c12-8-5-9(13)11(17-14)16-10(8)15-6-1-3-7(18)4-2-6/h5-7,18H,1-4,14H2,(H2,15,16,17). The van der Waals surface area contributed by atoms with E-state index in [1.54, 1.807) is 6.07 Å². The average molecular weight is 291 g/mol. The Morgan fingerprint density at radius 3 is 2.39 bits per heavy atom. The van der Waals surface area contributed by atoms with Crippen LogP contribution in [0.15, 0.2) is 6.07 Å². The molecule has 0 bridgehead atoms. The van der Waals surface area contributed by atoms with Gasteiger partial charge in [0.15, 0.2) is 5.82 Å². The van der Waals surface area contributed by atoms with Crippen molar-refractivity contribution in [3.63, 3.8) is 0 Å². The van der Waals surface area contributed by atoms with Gasteiger partial charge in [0.2, 0.25) is 0 Å². The fourth-order valence-electron chi connectivity index (χ4n) is 2.08. The van der Waals surface area contributed by atoms with Gasteiger partial charge in [-0.25, -0.2) is 10.8 Å². The summed E-state index contributed by atoms with van der Waals surface area (Å²) in [7, 11) is 0. The predicted molar refractivity (Wildman–Crippen MR) is 74.0 cm³/mol. The molecular weight excluding hydrogens is 275 g/mol. The first kappa shape index (κ1) is 13.7. The molecule has 0 aromatic carbocycles. The van der Waals surface area contributed by atoms with Gasteiger partial charge in [-0.15, -0.1) is 0 Å². The summed E-state index contributed by atoms with van der Waals surface area (Å²) >= 11 is 12.0. The van der Waals surface area contributed by atoms with E-state index in [1.165, 1.54) is 0 Å². The Kier molecular flexibility index (Phi) is 4.50. The lowest BCUT2D eigenvalue weighted by Crippen LogP contribution is -2.28. The summed E-state index contributed by atoms with van der Waals surface area (Å²) in [6.07, 6.45) is 3.20. The molecule has 7 heteroatoms. The van der Waals surface area contributed by atoms with Crippen molar-refractivity contribution in [2.24, 2.45) is 5.84 Å². The van der Waals surface area contributed by atoms with Crippen molar-refractivity contribution in [3.05, 3.63) is 16.1 Å². The Morgan fingerprint density at radius 2 is 1.78 bits per heavy atom. The Morgan fingerprint density at radius 1 is 1.17 bits per heavy atom. The zero-order valence-electron chi connectivity index (χ0n) is 9.79. The quantitative estimate of drug-likeness (QED) is 0.508.